The van der Waals surface area contributed by atoms with Crippen molar-refractivity contribution in [3.63, 3.8) is 0 Å². The molecule has 0 saturated heterocycles. The second-order valence-electron chi connectivity index (χ2n) is 13.4. The molecule has 0 bridgehead atoms. The van der Waals surface area contributed by atoms with E-state index in [4.69, 9.17) is 14.2 Å². The van der Waals surface area contributed by atoms with E-state index in [9.17, 15) is 5.11 Å². The van der Waals surface area contributed by atoms with Gasteiger partial charge in [0.2, 0.25) is 5.91 Å². The molecule has 1 amide bonds. The lowest BCUT2D eigenvalue weighted by Crippen LogP contribution is -2.61. The first-order chi connectivity index (χ1) is 25.5. The summed E-state index contributed by atoms with van der Waals surface area (Å²) in [7, 11) is 3.13. The van der Waals surface area contributed by atoms with Crippen molar-refractivity contribution in [2.45, 2.75) is 30.7 Å². The highest BCUT2D eigenvalue weighted by molar-refractivity contribution is 6.12. The van der Waals surface area contributed by atoms with E-state index in [1.54, 1.807) is 37.3 Å². The predicted octanol–water partition coefficient (Wildman–Crippen LogP) is 8.02. The second kappa shape index (κ2) is 13.6. The van der Waals surface area contributed by atoms with E-state index in [0.29, 0.717) is 48.0 Å². The first kappa shape index (κ1) is 33.1. The number of rotatable bonds is 10. The van der Waals surface area contributed by atoms with Crippen LogP contribution in [0.1, 0.15) is 33.4 Å². The molecular weight excluding hydrogens is 649 g/mol. The Labute approximate surface area is 304 Å². The van der Waals surface area contributed by atoms with Crippen molar-refractivity contribution in [2.24, 2.45) is 0 Å². The average molecular weight is 689 g/mol. The summed E-state index contributed by atoms with van der Waals surface area (Å²) in [5.41, 5.74) is 3.46. The highest BCUT2D eigenvalue weighted by Gasteiger charge is 2.67. The minimum absolute atomic E-state index is 0.171. The number of benzene rings is 6. The zero-order valence-electron chi connectivity index (χ0n) is 29.2. The third-order valence-electron chi connectivity index (χ3n) is 10.4. The number of aliphatic hydroxyl groups is 1. The number of para-hydroxylation sites is 1. The summed E-state index contributed by atoms with van der Waals surface area (Å²) in [6.07, 6.45) is 0. The molecule has 1 spiro atoms. The Kier molecular flexibility index (Phi) is 8.65. The van der Waals surface area contributed by atoms with E-state index < -0.39 is 11.0 Å². The number of nitrogens with zero attached hydrogens (tertiary/aromatic N) is 2. The lowest BCUT2D eigenvalue weighted by Gasteiger charge is -2.48. The second-order valence-corrected chi connectivity index (χ2v) is 13.4. The van der Waals surface area contributed by atoms with Gasteiger partial charge in [0.25, 0.3) is 0 Å². The molecule has 0 aliphatic carbocycles. The number of carbonyl (C=O) groups is 1. The van der Waals surface area contributed by atoms with Crippen molar-refractivity contribution < 1.29 is 24.1 Å². The van der Waals surface area contributed by atoms with E-state index in [1.165, 1.54) is 11.1 Å². The molecule has 0 radical (unpaired) electrons. The molecule has 7 nitrogen and oxygen atoms in total. The summed E-state index contributed by atoms with van der Waals surface area (Å²) in [6.45, 7) is 1.51. The van der Waals surface area contributed by atoms with Gasteiger partial charge in [0.15, 0.2) is 11.5 Å². The number of amides is 1. The Balaban J connectivity index is 1.31. The molecule has 0 fully saturated rings. The summed E-state index contributed by atoms with van der Waals surface area (Å²) in [6, 6.07) is 49.8. The standard InChI is InChI=1S/C45H40N2O5/c1-50-40-25-22-35(26-42(40)51-2)44(49)31-52-41-27-36(46(28-32-14-6-3-7-15-32)29-33-16-8-4-9-17-33)23-24-38(41)45(44)37-20-12-13-21-39(37)47(43(45)48)30-34-18-10-5-11-19-34/h3-27,49H,28-31H2,1-2H3/t44-,45+/m0/s1. The molecular formula is C45H40N2O5. The molecule has 2 aliphatic heterocycles. The molecule has 6 aromatic carbocycles. The Bertz CT molecular complexity index is 2170. The number of anilines is 2. The van der Waals surface area contributed by atoms with Crippen LogP contribution in [0.3, 0.4) is 0 Å². The van der Waals surface area contributed by atoms with Crippen molar-refractivity contribution >= 4 is 17.3 Å². The SMILES string of the molecule is COc1ccc([C@@]2(O)COc3cc(N(Cc4ccccc4)Cc4ccccc4)ccc3[C@]23C(=O)N(Cc2ccccc2)c2ccccc23)cc1OC. The maximum absolute atomic E-state index is 15.5. The van der Waals surface area contributed by atoms with Gasteiger partial charge in [0.05, 0.1) is 20.8 Å². The van der Waals surface area contributed by atoms with Crippen LogP contribution in [0.2, 0.25) is 0 Å². The van der Waals surface area contributed by atoms with Crippen LogP contribution in [0, 0.1) is 0 Å². The molecule has 2 aliphatic rings. The van der Waals surface area contributed by atoms with Crippen LogP contribution in [0.15, 0.2) is 152 Å². The van der Waals surface area contributed by atoms with E-state index >= 15 is 4.79 Å². The monoisotopic (exact) mass is 688 g/mol. The van der Waals surface area contributed by atoms with Crippen LogP contribution in [0.5, 0.6) is 17.2 Å². The molecule has 6 aromatic rings. The normalized spacial score (nSPS) is 18.8. The zero-order valence-corrected chi connectivity index (χ0v) is 29.2. The summed E-state index contributed by atoms with van der Waals surface area (Å²) in [4.78, 5) is 19.6. The quantitative estimate of drug-likeness (QED) is 0.157. The first-order valence-corrected chi connectivity index (χ1v) is 17.5. The van der Waals surface area contributed by atoms with Gasteiger partial charge in [-0.25, -0.2) is 0 Å². The molecule has 2 heterocycles. The summed E-state index contributed by atoms with van der Waals surface area (Å²) >= 11 is 0. The summed E-state index contributed by atoms with van der Waals surface area (Å²) < 4.78 is 17.8. The van der Waals surface area contributed by atoms with Gasteiger partial charge in [-0.05, 0) is 52.1 Å². The minimum atomic E-state index is -1.83. The van der Waals surface area contributed by atoms with Gasteiger partial charge in [-0.1, -0.05) is 121 Å². The number of methoxy groups -OCH3 is 2. The third kappa shape index (κ3) is 5.45. The third-order valence-corrected chi connectivity index (χ3v) is 10.4. The predicted molar refractivity (Wildman–Crippen MR) is 203 cm³/mol. The fraction of sp³-hybridized carbons (Fsp3) is 0.178. The summed E-state index contributed by atoms with van der Waals surface area (Å²) in [5.74, 6) is 1.30. The van der Waals surface area contributed by atoms with E-state index in [2.05, 4.69) is 53.4 Å². The molecule has 2 atom stereocenters. The van der Waals surface area contributed by atoms with Crippen molar-refractivity contribution in [1.29, 1.82) is 0 Å². The largest absolute Gasteiger partial charge is 0.493 e. The highest BCUT2D eigenvalue weighted by Crippen LogP contribution is 2.60. The number of carbonyl (C=O) groups excluding carboxylic acids is 1. The van der Waals surface area contributed by atoms with Crippen molar-refractivity contribution in [3.8, 4) is 17.2 Å². The zero-order chi connectivity index (χ0) is 35.7. The van der Waals surface area contributed by atoms with Crippen LogP contribution in [-0.4, -0.2) is 31.8 Å². The lowest BCUT2D eigenvalue weighted by molar-refractivity contribution is -0.139. The number of hydrogen-bond donors (Lipinski definition) is 1. The van der Waals surface area contributed by atoms with Gasteiger partial charge >= 0.3 is 0 Å². The van der Waals surface area contributed by atoms with Gasteiger partial charge in [0.1, 0.15) is 23.4 Å². The maximum Gasteiger partial charge on any atom is 0.246 e. The number of hydrogen-bond acceptors (Lipinski definition) is 6. The molecule has 7 heteroatoms. The van der Waals surface area contributed by atoms with Gasteiger partial charge in [0, 0.05) is 36.1 Å². The number of fused-ring (bicyclic) bond motifs is 4. The molecule has 52 heavy (non-hydrogen) atoms. The van der Waals surface area contributed by atoms with Gasteiger partial charge in [-0.3, -0.25) is 4.79 Å². The minimum Gasteiger partial charge on any atom is -0.493 e. The Morgan fingerprint density at radius 3 is 1.90 bits per heavy atom. The molecule has 8 rings (SSSR count). The molecule has 0 saturated carbocycles. The van der Waals surface area contributed by atoms with Crippen LogP contribution in [-0.2, 0) is 35.4 Å². The van der Waals surface area contributed by atoms with Crippen LogP contribution < -0.4 is 24.0 Å². The van der Waals surface area contributed by atoms with Crippen molar-refractivity contribution in [1.82, 2.24) is 0 Å². The maximum atomic E-state index is 15.5. The fourth-order valence-electron chi connectivity index (χ4n) is 7.93. The Hall–Kier alpha value is -6.05. The smallest absolute Gasteiger partial charge is 0.246 e. The van der Waals surface area contributed by atoms with Gasteiger partial charge < -0.3 is 29.1 Å². The average Bonchev–Trinajstić information content (AvgIpc) is 3.44. The van der Waals surface area contributed by atoms with E-state index in [1.807, 2.05) is 84.9 Å². The molecule has 1 N–H and O–H groups in total. The first-order valence-electron chi connectivity index (χ1n) is 17.5. The fourth-order valence-corrected chi connectivity index (χ4v) is 7.93. The van der Waals surface area contributed by atoms with E-state index in [0.717, 1.165) is 22.5 Å². The van der Waals surface area contributed by atoms with Crippen molar-refractivity contribution in [2.75, 3.05) is 30.6 Å². The van der Waals surface area contributed by atoms with Crippen LogP contribution in [0.4, 0.5) is 11.4 Å². The highest BCUT2D eigenvalue weighted by atomic mass is 16.5. The lowest BCUT2D eigenvalue weighted by atomic mass is 9.60. The van der Waals surface area contributed by atoms with Crippen molar-refractivity contribution in [3.05, 3.63) is 185 Å². The van der Waals surface area contributed by atoms with E-state index in [-0.39, 0.29) is 12.5 Å². The topological polar surface area (TPSA) is 71.5 Å². The van der Waals surface area contributed by atoms with Gasteiger partial charge in [-0.2, -0.15) is 0 Å². The van der Waals surface area contributed by atoms with Crippen LogP contribution in [0.25, 0.3) is 0 Å². The Morgan fingerprint density at radius 1 is 0.673 bits per heavy atom. The van der Waals surface area contributed by atoms with Crippen LogP contribution >= 0.6 is 0 Å². The molecule has 0 unspecified atom stereocenters. The molecule has 260 valence electrons. The Morgan fingerprint density at radius 2 is 1.27 bits per heavy atom. The number of ether oxygens (including phenoxy) is 3. The summed E-state index contributed by atoms with van der Waals surface area (Å²) in [5, 5.41) is 13.3. The molecule has 0 aromatic heterocycles. The van der Waals surface area contributed by atoms with Gasteiger partial charge in [-0.15, -0.1) is 0 Å².